The number of aromatic nitrogens is 2. The number of methoxy groups -OCH3 is 1. The lowest BCUT2D eigenvalue weighted by Gasteiger charge is -2.12. The molecule has 0 bridgehead atoms. The number of hydrogen-bond acceptors (Lipinski definition) is 5. The second-order valence-corrected chi connectivity index (χ2v) is 7.34. The molecule has 0 unspecified atom stereocenters. The first-order valence-corrected chi connectivity index (χ1v) is 9.17. The van der Waals surface area contributed by atoms with Gasteiger partial charge in [0.2, 0.25) is 0 Å². The van der Waals surface area contributed by atoms with E-state index in [1.807, 2.05) is 44.2 Å². The van der Waals surface area contributed by atoms with Gasteiger partial charge < -0.3 is 4.74 Å². The fourth-order valence-corrected chi connectivity index (χ4v) is 4.76. The summed E-state index contributed by atoms with van der Waals surface area (Å²) >= 11 is 1.58. The van der Waals surface area contributed by atoms with Crippen LogP contribution >= 0.6 is 11.3 Å². The van der Waals surface area contributed by atoms with Gasteiger partial charge in [-0.2, -0.15) is 0 Å². The topological polar surface area (TPSA) is 52.1 Å². The average Bonchev–Trinajstić information content (AvgIpc) is 2.98. The SMILES string of the molecule is COC(=O)c1c(C)nc2c(sc3nc(C)cc(C)c32)c1-c1ccccc1. The number of thiophene rings is 1. The Balaban J connectivity index is 2.23. The third-order valence-electron chi connectivity index (χ3n) is 4.53. The van der Waals surface area contributed by atoms with Crippen molar-refractivity contribution in [2.24, 2.45) is 0 Å². The molecular weight excluding hydrogens is 344 g/mol. The molecule has 26 heavy (non-hydrogen) atoms. The van der Waals surface area contributed by atoms with Gasteiger partial charge in [-0.05, 0) is 38.0 Å². The van der Waals surface area contributed by atoms with Crippen LogP contribution in [0.1, 0.15) is 27.3 Å². The van der Waals surface area contributed by atoms with E-state index in [0.717, 1.165) is 42.8 Å². The third-order valence-corrected chi connectivity index (χ3v) is 5.62. The molecule has 130 valence electrons. The van der Waals surface area contributed by atoms with Crippen molar-refractivity contribution in [2.75, 3.05) is 7.11 Å². The largest absolute Gasteiger partial charge is 0.465 e. The summed E-state index contributed by atoms with van der Waals surface area (Å²) in [6, 6.07) is 12.0. The van der Waals surface area contributed by atoms with Crippen LogP contribution in [0.15, 0.2) is 36.4 Å². The number of carbonyl (C=O) groups excluding carboxylic acids is 1. The number of carbonyl (C=O) groups is 1. The minimum absolute atomic E-state index is 0.367. The number of esters is 1. The van der Waals surface area contributed by atoms with E-state index in [1.165, 1.54) is 7.11 Å². The molecule has 0 aliphatic rings. The van der Waals surface area contributed by atoms with Crippen molar-refractivity contribution in [1.29, 1.82) is 0 Å². The third kappa shape index (κ3) is 2.47. The molecule has 4 aromatic rings. The Morgan fingerprint density at radius 2 is 1.81 bits per heavy atom. The Morgan fingerprint density at radius 1 is 1.08 bits per heavy atom. The lowest BCUT2D eigenvalue weighted by Crippen LogP contribution is -2.08. The van der Waals surface area contributed by atoms with E-state index < -0.39 is 0 Å². The van der Waals surface area contributed by atoms with Crippen molar-refractivity contribution >= 4 is 37.7 Å². The number of nitrogens with zero attached hydrogens (tertiary/aromatic N) is 2. The average molecular weight is 362 g/mol. The molecule has 5 heteroatoms. The number of benzene rings is 1. The molecule has 0 atom stereocenters. The van der Waals surface area contributed by atoms with Gasteiger partial charge in [-0.15, -0.1) is 11.3 Å². The number of rotatable bonds is 2. The van der Waals surface area contributed by atoms with Gasteiger partial charge in [0.15, 0.2) is 0 Å². The molecule has 0 fully saturated rings. The summed E-state index contributed by atoms with van der Waals surface area (Å²) in [6.45, 7) is 5.93. The Labute approximate surface area is 155 Å². The summed E-state index contributed by atoms with van der Waals surface area (Å²) in [6.07, 6.45) is 0. The molecule has 0 saturated carbocycles. The summed E-state index contributed by atoms with van der Waals surface area (Å²) in [5, 5.41) is 1.06. The van der Waals surface area contributed by atoms with E-state index >= 15 is 0 Å². The van der Waals surface area contributed by atoms with Crippen LogP contribution in [0.5, 0.6) is 0 Å². The van der Waals surface area contributed by atoms with Crippen LogP contribution in [0.3, 0.4) is 0 Å². The van der Waals surface area contributed by atoms with Crippen molar-refractivity contribution in [3.63, 3.8) is 0 Å². The standard InChI is InChI=1S/C21H18N2O2S/c1-11-10-12(2)22-20-15(11)18-19(26-20)17(14-8-6-5-7-9-14)16(13(3)23-18)21(24)25-4/h5-10H,1-4H3. The number of fused-ring (bicyclic) bond motifs is 3. The Kier molecular flexibility index (Phi) is 3.96. The predicted octanol–water partition coefficient (Wildman–Crippen LogP) is 5.22. The molecule has 3 heterocycles. The molecule has 0 amide bonds. The highest BCUT2D eigenvalue weighted by Gasteiger charge is 2.24. The molecular formula is C21H18N2O2S. The van der Waals surface area contributed by atoms with Crippen LogP contribution in [-0.2, 0) is 4.74 Å². The molecule has 0 aliphatic carbocycles. The van der Waals surface area contributed by atoms with Crippen LogP contribution in [0.2, 0.25) is 0 Å². The monoisotopic (exact) mass is 362 g/mol. The van der Waals surface area contributed by atoms with Gasteiger partial charge in [-0.25, -0.2) is 9.78 Å². The number of pyridine rings is 2. The van der Waals surface area contributed by atoms with Gasteiger partial charge in [0.25, 0.3) is 0 Å². The molecule has 3 aromatic heterocycles. The van der Waals surface area contributed by atoms with Crippen molar-refractivity contribution in [2.45, 2.75) is 20.8 Å². The summed E-state index contributed by atoms with van der Waals surface area (Å²) in [5.74, 6) is -0.367. The van der Waals surface area contributed by atoms with Gasteiger partial charge in [0, 0.05) is 16.6 Å². The fourth-order valence-electron chi connectivity index (χ4n) is 3.45. The zero-order chi connectivity index (χ0) is 18.4. The van der Waals surface area contributed by atoms with Crippen molar-refractivity contribution in [3.05, 3.63) is 58.9 Å². The Hall–Kier alpha value is -2.79. The number of aryl methyl sites for hydroxylation is 3. The predicted molar refractivity (Wildman–Crippen MR) is 106 cm³/mol. The van der Waals surface area contributed by atoms with E-state index in [0.29, 0.717) is 11.3 Å². The van der Waals surface area contributed by atoms with Crippen LogP contribution in [0.25, 0.3) is 31.6 Å². The molecule has 1 aromatic carbocycles. The number of hydrogen-bond donors (Lipinski definition) is 0. The van der Waals surface area contributed by atoms with Gasteiger partial charge in [-0.1, -0.05) is 30.3 Å². The summed E-state index contributed by atoms with van der Waals surface area (Å²) < 4.78 is 6.03. The molecule has 0 saturated heterocycles. The van der Waals surface area contributed by atoms with Crippen LogP contribution in [-0.4, -0.2) is 23.0 Å². The van der Waals surface area contributed by atoms with Crippen molar-refractivity contribution < 1.29 is 9.53 Å². The zero-order valence-corrected chi connectivity index (χ0v) is 15.9. The van der Waals surface area contributed by atoms with E-state index in [1.54, 1.807) is 11.3 Å². The van der Waals surface area contributed by atoms with E-state index in [2.05, 4.69) is 13.0 Å². The highest BCUT2D eigenvalue weighted by Crippen LogP contribution is 2.42. The van der Waals surface area contributed by atoms with Crippen LogP contribution < -0.4 is 0 Å². The molecule has 0 N–H and O–H groups in total. The Bertz CT molecular complexity index is 1160. The van der Waals surface area contributed by atoms with Gasteiger partial charge in [0.1, 0.15) is 4.83 Å². The first-order chi connectivity index (χ1) is 12.5. The normalized spacial score (nSPS) is 11.2. The van der Waals surface area contributed by atoms with Crippen molar-refractivity contribution in [3.8, 4) is 11.1 Å². The Morgan fingerprint density at radius 3 is 2.50 bits per heavy atom. The van der Waals surface area contributed by atoms with E-state index in [-0.39, 0.29) is 5.97 Å². The quantitative estimate of drug-likeness (QED) is 0.459. The highest BCUT2D eigenvalue weighted by atomic mass is 32.1. The summed E-state index contributed by atoms with van der Waals surface area (Å²) in [4.78, 5) is 23.0. The summed E-state index contributed by atoms with van der Waals surface area (Å²) in [5.41, 5.74) is 6.07. The minimum atomic E-state index is -0.367. The second kappa shape index (κ2) is 6.18. The molecule has 0 aliphatic heterocycles. The maximum absolute atomic E-state index is 12.5. The van der Waals surface area contributed by atoms with E-state index in [9.17, 15) is 4.79 Å². The van der Waals surface area contributed by atoms with Crippen molar-refractivity contribution in [1.82, 2.24) is 9.97 Å². The molecule has 4 nitrogen and oxygen atoms in total. The van der Waals surface area contributed by atoms with E-state index in [4.69, 9.17) is 14.7 Å². The first kappa shape index (κ1) is 16.7. The summed E-state index contributed by atoms with van der Waals surface area (Å²) in [7, 11) is 1.40. The first-order valence-electron chi connectivity index (χ1n) is 8.36. The molecule has 0 spiro atoms. The van der Waals surface area contributed by atoms with Gasteiger partial charge in [0.05, 0.1) is 28.6 Å². The van der Waals surface area contributed by atoms with Gasteiger partial charge >= 0.3 is 5.97 Å². The lowest BCUT2D eigenvalue weighted by molar-refractivity contribution is 0.0600. The van der Waals surface area contributed by atoms with Crippen LogP contribution in [0.4, 0.5) is 0 Å². The zero-order valence-electron chi connectivity index (χ0n) is 15.1. The molecule has 4 rings (SSSR count). The highest BCUT2D eigenvalue weighted by molar-refractivity contribution is 7.26. The minimum Gasteiger partial charge on any atom is -0.465 e. The second-order valence-electron chi connectivity index (χ2n) is 6.35. The smallest absolute Gasteiger partial charge is 0.340 e. The molecule has 0 radical (unpaired) electrons. The van der Waals surface area contributed by atoms with Crippen LogP contribution in [0, 0.1) is 20.8 Å². The fraction of sp³-hybridized carbons (Fsp3) is 0.190. The van der Waals surface area contributed by atoms with Gasteiger partial charge in [-0.3, -0.25) is 4.98 Å². The maximum atomic E-state index is 12.5. The lowest BCUT2D eigenvalue weighted by atomic mass is 9.97. The number of ether oxygens (including phenoxy) is 1. The maximum Gasteiger partial charge on any atom is 0.340 e.